The predicted octanol–water partition coefficient (Wildman–Crippen LogP) is 6.50. The van der Waals surface area contributed by atoms with E-state index in [0.29, 0.717) is 32.9 Å². The molecule has 0 aliphatic carbocycles. The van der Waals surface area contributed by atoms with E-state index in [0.717, 1.165) is 9.80 Å². The van der Waals surface area contributed by atoms with Gasteiger partial charge in [-0.1, -0.05) is 53.0 Å². The first-order valence-corrected chi connectivity index (χ1v) is 16.2. The van der Waals surface area contributed by atoms with Crippen LogP contribution < -0.4 is 9.47 Å². The predicted molar refractivity (Wildman–Crippen MR) is 179 cm³/mol. The number of likely N-dealkylation sites (N-methyl/N-ethyl adjacent to an activating group) is 2. The second-order valence-electron chi connectivity index (χ2n) is 10.9. The summed E-state index contributed by atoms with van der Waals surface area (Å²) >= 11 is 19.4. The van der Waals surface area contributed by atoms with Crippen LogP contribution in [0.5, 0.6) is 11.5 Å². The Balaban J connectivity index is 1.27. The maximum absolute atomic E-state index is 14.4. The Bertz CT molecular complexity index is 1920. The molecule has 11 nitrogen and oxygen atoms in total. The molecule has 0 saturated carbocycles. The lowest BCUT2D eigenvalue weighted by Gasteiger charge is -2.39. The molecule has 16 heteroatoms. The number of nitrogens with zero attached hydrogens (tertiary/aromatic N) is 5. The number of hydrogen-bond donors (Lipinski definition) is 0. The number of aliphatic imine (C=N–C) groups is 1. The van der Waals surface area contributed by atoms with Gasteiger partial charge in [0.2, 0.25) is 0 Å². The first-order valence-electron chi connectivity index (χ1n) is 14.2. The molecule has 3 aliphatic heterocycles. The van der Waals surface area contributed by atoms with Crippen LogP contribution in [0.3, 0.4) is 0 Å². The minimum atomic E-state index is -0.903. The maximum atomic E-state index is 14.4. The Labute approximate surface area is 293 Å². The summed E-state index contributed by atoms with van der Waals surface area (Å²) in [4.78, 5) is 61.6. The van der Waals surface area contributed by atoms with Crippen LogP contribution in [-0.2, 0) is 22.7 Å². The third-order valence-electron chi connectivity index (χ3n) is 7.97. The van der Waals surface area contributed by atoms with Crippen LogP contribution in [0.25, 0.3) is 6.08 Å². The van der Waals surface area contributed by atoms with Crippen molar-refractivity contribution in [2.24, 2.45) is 4.99 Å². The number of amidine groups is 1. The van der Waals surface area contributed by atoms with Gasteiger partial charge in [-0.05, 0) is 65.4 Å². The van der Waals surface area contributed by atoms with Gasteiger partial charge in [0.1, 0.15) is 5.82 Å². The molecule has 48 heavy (non-hydrogen) atoms. The zero-order chi connectivity index (χ0) is 34.4. The highest BCUT2D eigenvalue weighted by molar-refractivity contribution is 8.18. The number of imide groups is 2. The van der Waals surface area contributed by atoms with Gasteiger partial charge < -0.3 is 19.3 Å². The number of thioether (sulfide) groups is 1. The molecule has 6 rings (SSSR count). The molecule has 0 radical (unpaired) electrons. The van der Waals surface area contributed by atoms with E-state index in [1.54, 1.807) is 48.3 Å². The fraction of sp³-hybridized carbons (Fsp3) is 0.219. The highest BCUT2D eigenvalue weighted by Crippen LogP contribution is 2.38. The smallest absolute Gasteiger partial charge is 0.328 e. The van der Waals surface area contributed by atoms with Crippen molar-refractivity contribution >= 4 is 81.7 Å². The van der Waals surface area contributed by atoms with Crippen LogP contribution >= 0.6 is 46.6 Å². The van der Waals surface area contributed by atoms with Crippen molar-refractivity contribution in [1.29, 1.82) is 0 Å². The molecule has 2 unspecified atom stereocenters. The van der Waals surface area contributed by atoms with Gasteiger partial charge in [0.25, 0.3) is 23.1 Å². The Hall–Kier alpha value is -4.30. The summed E-state index contributed by atoms with van der Waals surface area (Å²) in [6.07, 6.45) is 0.633. The lowest BCUT2D eigenvalue weighted by atomic mass is 10.1. The minimum Gasteiger partial charge on any atom is -0.493 e. The number of hydrogen-bond acceptors (Lipinski definition) is 9. The number of urea groups is 1. The van der Waals surface area contributed by atoms with Crippen molar-refractivity contribution in [3.8, 4) is 11.5 Å². The second-order valence-corrected chi connectivity index (χ2v) is 13.1. The minimum absolute atomic E-state index is 0.0387. The fourth-order valence-corrected chi connectivity index (χ4v) is 6.94. The average Bonchev–Trinajstić information content (AvgIpc) is 3.54. The van der Waals surface area contributed by atoms with Crippen LogP contribution in [0.2, 0.25) is 15.1 Å². The summed E-state index contributed by atoms with van der Waals surface area (Å²) in [5.74, 6) is -1.23. The van der Waals surface area contributed by atoms with Gasteiger partial charge in [-0.15, -0.1) is 0 Å². The van der Waals surface area contributed by atoms with E-state index in [9.17, 15) is 23.6 Å². The first-order chi connectivity index (χ1) is 22.9. The van der Waals surface area contributed by atoms with E-state index in [1.165, 1.54) is 43.3 Å². The molecule has 248 valence electrons. The second kappa shape index (κ2) is 13.3. The Morgan fingerprint density at radius 2 is 1.73 bits per heavy atom. The highest BCUT2D eigenvalue weighted by Gasteiger charge is 2.52. The van der Waals surface area contributed by atoms with E-state index in [1.807, 2.05) is 0 Å². The number of rotatable bonds is 7. The van der Waals surface area contributed by atoms with Crippen LogP contribution in [0.15, 0.2) is 64.5 Å². The Morgan fingerprint density at radius 1 is 0.958 bits per heavy atom. The quantitative estimate of drug-likeness (QED) is 0.253. The van der Waals surface area contributed by atoms with Crippen LogP contribution in [0.4, 0.5) is 14.0 Å². The van der Waals surface area contributed by atoms with Gasteiger partial charge in [-0.2, -0.15) is 0 Å². The van der Waals surface area contributed by atoms with Crippen molar-refractivity contribution in [2.45, 2.75) is 25.3 Å². The maximum Gasteiger partial charge on any atom is 0.328 e. The van der Waals surface area contributed by atoms with Crippen molar-refractivity contribution in [3.05, 3.63) is 97.1 Å². The zero-order valence-corrected chi connectivity index (χ0v) is 28.5. The van der Waals surface area contributed by atoms with Gasteiger partial charge in [0, 0.05) is 41.3 Å². The van der Waals surface area contributed by atoms with Crippen molar-refractivity contribution in [2.75, 3.05) is 21.2 Å². The molecule has 3 aliphatic rings. The summed E-state index contributed by atoms with van der Waals surface area (Å²) < 4.78 is 26.2. The molecule has 0 bridgehead atoms. The standard InChI is InChI=1S/C32H25Cl3FN5O6S/c1-38-27-26(29(43)39(2)31(38)44)40(14-17-8-9-18(33)13-21(17)35)30(37-27)47-23-10-7-16(11-24(23)46-3)12-25-28(42)41(32(45)48-25)15-19-20(34)5-4-6-22(19)36/h4-13,26-27H,14-15H2,1-3H3/b25-12+. The number of halogens is 4. The number of ether oxygens (including phenoxy) is 2. The summed E-state index contributed by atoms with van der Waals surface area (Å²) in [6.45, 7) is -0.212. The van der Waals surface area contributed by atoms with Crippen LogP contribution in [0, 0.1) is 5.82 Å². The molecule has 0 spiro atoms. The Kier molecular flexibility index (Phi) is 9.31. The van der Waals surface area contributed by atoms with Crippen molar-refractivity contribution in [3.63, 3.8) is 0 Å². The van der Waals surface area contributed by atoms with E-state index in [4.69, 9.17) is 44.3 Å². The lowest BCUT2D eigenvalue weighted by molar-refractivity contribution is -0.136. The monoisotopic (exact) mass is 731 g/mol. The summed E-state index contributed by atoms with van der Waals surface area (Å²) in [5.41, 5.74) is 1.18. The molecular formula is C32H25Cl3FN5O6S. The average molecular weight is 733 g/mol. The van der Waals surface area contributed by atoms with Crippen molar-refractivity contribution < 1.29 is 33.0 Å². The number of carbonyl (C=O) groups excluding carboxylic acids is 4. The summed E-state index contributed by atoms with van der Waals surface area (Å²) in [5, 5.41) is 0.349. The molecule has 2 fully saturated rings. The molecule has 3 aromatic rings. The largest absolute Gasteiger partial charge is 0.493 e. The van der Waals surface area contributed by atoms with E-state index in [-0.39, 0.29) is 46.1 Å². The van der Waals surface area contributed by atoms with Crippen LogP contribution in [-0.4, -0.2) is 82.1 Å². The fourth-order valence-electron chi connectivity index (χ4n) is 5.41. The topological polar surface area (TPSA) is 112 Å². The van der Waals surface area contributed by atoms with Crippen LogP contribution in [0.1, 0.15) is 16.7 Å². The van der Waals surface area contributed by atoms with E-state index in [2.05, 4.69) is 4.99 Å². The van der Waals surface area contributed by atoms with E-state index < -0.39 is 41.1 Å². The molecule has 2 saturated heterocycles. The van der Waals surface area contributed by atoms with Crippen molar-refractivity contribution in [1.82, 2.24) is 19.6 Å². The molecule has 5 amide bonds. The number of benzene rings is 3. The number of fused-ring (bicyclic) bond motifs is 1. The first kappa shape index (κ1) is 33.6. The zero-order valence-electron chi connectivity index (χ0n) is 25.4. The Morgan fingerprint density at radius 3 is 2.44 bits per heavy atom. The normalized spacial score (nSPS) is 20.2. The third-order valence-corrected chi connectivity index (χ3v) is 9.82. The van der Waals surface area contributed by atoms with Gasteiger partial charge in [-0.25, -0.2) is 14.2 Å². The van der Waals surface area contributed by atoms with Gasteiger partial charge in [0.15, 0.2) is 23.7 Å². The molecule has 0 aromatic heterocycles. The highest BCUT2D eigenvalue weighted by atomic mass is 35.5. The lowest BCUT2D eigenvalue weighted by Crippen LogP contribution is -2.63. The summed E-state index contributed by atoms with van der Waals surface area (Å²) in [6, 6.07) is 12.5. The molecule has 0 N–H and O–H groups in total. The molecule has 3 heterocycles. The molecule has 2 atom stereocenters. The number of carbonyl (C=O) groups is 4. The SMILES string of the molecule is COc1cc(/C=C2/SC(=O)N(Cc3c(F)cccc3Cl)C2=O)ccc1OC1=NC2C(C(=O)N(C)C(=O)N2C)N1Cc1ccc(Cl)cc1Cl. The van der Waals surface area contributed by atoms with Gasteiger partial charge in [-0.3, -0.25) is 24.2 Å². The molecular weight excluding hydrogens is 708 g/mol. The number of methoxy groups -OCH3 is 1. The van der Waals surface area contributed by atoms with Gasteiger partial charge >= 0.3 is 6.03 Å². The molecule has 3 aromatic carbocycles. The van der Waals surface area contributed by atoms with E-state index >= 15 is 0 Å². The third kappa shape index (κ3) is 6.18. The van der Waals surface area contributed by atoms with Gasteiger partial charge in [0.05, 0.1) is 18.6 Å². The number of amides is 5. The summed E-state index contributed by atoms with van der Waals surface area (Å²) in [7, 11) is 4.37.